The van der Waals surface area contributed by atoms with Crippen LogP contribution in [0, 0.1) is 0 Å². The van der Waals surface area contributed by atoms with Crippen LogP contribution >= 0.6 is 0 Å². The minimum atomic E-state index is -0.798. The summed E-state index contributed by atoms with van der Waals surface area (Å²) in [5, 5.41) is 0. The largest absolute Gasteiger partial charge is 0.462 e. The van der Waals surface area contributed by atoms with Crippen molar-refractivity contribution >= 4 is 17.9 Å². The summed E-state index contributed by atoms with van der Waals surface area (Å²) in [5.74, 6) is -0.955. The molecule has 0 aliphatic carbocycles. The summed E-state index contributed by atoms with van der Waals surface area (Å²) in [6.07, 6.45) is 59.6. The molecule has 328 valence electrons. The maximum Gasteiger partial charge on any atom is 0.306 e. The van der Waals surface area contributed by atoms with E-state index in [1.807, 2.05) is 6.08 Å². The zero-order valence-electron chi connectivity index (χ0n) is 37.3. The highest BCUT2D eigenvalue weighted by Gasteiger charge is 2.19. The number of ether oxygens (including phenoxy) is 3. The molecule has 0 spiro atoms. The second-order valence-electron chi connectivity index (χ2n) is 15.0. The SMILES string of the molecule is CC\C=C/C=C\C=C/CCCCCCCCCC(=O)OCC(COC(=O)CCCCCCC/C=C\C/C=C\CC)OC(=O)CCCCCCC\C=C/C=C\C=C/CC. The van der Waals surface area contributed by atoms with Gasteiger partial charge in [0.2, 0.25) is 0 Å². The van der Waals surface area contributed by atoms with E-state index in [1.165, 1.54) is 25.7 Å². The van der Waals surface area contributed by atoms with Crippen LogP contribution in [0.15, 0.2) is 97.2 Å². The molecule has 0 amide bonds. The van der Waals surface area contributed by atoms with E-state index in [4.69, 9.17) is 14.2 Å². The van der Waals surface area contributed by atoms with Gasteiger partial charge in [-0.15, -0.1) is 0 Å². The van der Waals surface area contributed by atoms with Gasteiger partial charge in [0.05, 0.1) is 0 Å². The predicted octanol–water partition coefficient (Wildman–Crippen LogP) is 15.0. The Hall–Kier alpha value is -3.67. The highest BCUT2D eigenvalue weighted by molar-refractivity contribution is 5.71. The summed E-state index contributed by atoms with van der Waals surface area (Å²) in [5.41, 5.74) is 0. The lowest BCUT2D eigenvalue weighted by Gasteiger charge is -2.18. The number of carbonyl (C=O) groups excluding carboxylic acids is 3. The van der Waals surface area contributed by atoms with E-state index in [2.05, 4.69) is 112 Å². The molecule has 6 nitrogen and oxygen atoms in total. The van der Waals surface area contributed by atoms with Gasteiger partial charge in [0.15, 0.2) is 6.10 Å². The van der Waals surface area contributed by atoms with Crippen LogP contribution < -0.4 is 0 Å². The van der Waals surface area contributed by atoms with Crippen molar-refractivity contribution in [3.63, 3.8) is 0 Å². The molecule has 0 saturated carbocycles. The normalized spacial score (nSPS) is 12.9. The first-order valence-electron chi connectivity index (χ1n) is 23.3. The van der Waals surface area contributed by atoms with Crippen molar-refractivity contribution in [1.29, 1.82) is 0 Å². The number of esters is 3. The molecular formula is C52H84O6. The molecule has 0 aromatic carbocycles. The molecule has 6 heteroatoms. The number of hydrogen-bond acceptors (Lipinski definition) is 6. The van der Waals surface area contributed by atoms with Gasteiger partial charge in [-0.2, -0.15) is 0 Å². The van der Waals surface area contributed by atoms with Crippen LogP contribution in [0.25, 0.3) is 0 Å². The fourth-order valence-electron chi connectivity index (χ4n) is 6.01. The summed E-state index contributed by atoms with van der Waals surface area (Å²) in [4.78, 5) is 37.8. The Labute approximate surface area is 356 Å². The summed E-state index contributed by atoms with van der Waals surface area (Å²) in [7, 11) is 0. The minimum Gasteiger partial charge on any atom is -0.462 e. The van der Waals surface area contributed by atoms with Crippen molar-refractivity contribution < 1.29 is 28.6 Å². The first-order chi connectivity index (χ1) is 28.5. The topological polar surface area (TPSA) is 78.9 Å². The third-order valence-electron chi connectivity index (χ3n) is 9.44. The third-order valence-corrected chi connectivity index (χ3v) is 9.44. The Kier molecular flexibility index (Phi) is 43.1. The van der Waals surface area contributed by atoms with Gasteiger partial charge < -0.3 is 14.2 Å². The molecule has 1 unspecified atom stereocenters. The number of carbonyl (C=O) groups is 3. The van der Waals surface area contributed by atoms with Crippen LogP contribution in [-0.4, -0.2) is 37.2 Å². The van der Waals surface area contributed by atoms with Crippen LogP contribution in [0.1, 0.15) is 194 Å². The second-order valence-corrected chi connectivity index (χ2v) is 15.0. The van der Waals surface area contributed by atoms with E-state index in [-0.39, 0.29) is 31.1 Å². The quantitative estimate of drug-likeness (QED) is 0.0202. The van der Waals surface area contributed by atoms with Crippen molar-refractivity contribution in [3.8, 4) is 0 Å². The maximum atomic E-state index is 12.7. The van der Waals surface area contributed by atoms with Gasteiger partial charge in [0.25, 0.3) is 0 Å². The molecule has 0 aromatic heterocycles. The van der Waals surface area contributed by atoms with Gasteiger partial charge in [-0.3, -0.25) is 14.4 Å². The fourth-order valence-corrected chi connectivity index (χ4v) is 6.01. The zero-order chi connectivity index (χ0) is 42.3. The summed E-state index contributed by atoms with van der Waals surface area (Å²) >= 11 is 0. The van der Waals surface area contributed by atoms with E-state index in [1.54, 1.807) is 0 Å². The lowest BCUT2D eigenvalue weighted by Crippen LogP contribution is -2.30. The molecule has 0 rings (SSSR count). The second kappa shape index (κ2) is 46.0. The van der Waals surface area contributed by atoms with Gasteiger partial charge >= 0.3 is 17.9 Å². The van der Waals surface area contributed by atoms with Crippen LogP contribution in [-0.2, 0) is 28.6 Å². The Morgan fingerprint density at radius 2 is 0.707 bits per heavy atom. The van der Waals surface area contributed by atoms with Gasteiger partial charge in [-0.1, -0.05) is 189 Å². The first-order valence-corrected chi connectivity index (χ1v) is 23.3. The van der Waals surface area contributed by atoms with Crippen molar-refractivity contribution in [2.45, 2.75) is 200 Å². The van der Waals surface area contributed by atoms with E-state index in [0.29, 0.717) is 19.3 Å². The van der Waals surface area contributed by atoms with E-state index >= 15 is 0 Å². The molecule has 0 fully saturated rings. The van der Waals surface area contributed by atoms with Gasteiger partial charge in [0, 0.05) is 19.3 Å². The monoisotopic (exact) mass is 805 g/mol. The molecule has 0 saturated heterocycles. The third kappa shape index (κ3) is 43.5. The average molecular weight is 805 g/mol. The van der Waals surface area contributed by atoms with E-state index in [9.17, 15) is 14.4 Å². The smallest absolute Gasteiger partial charge is 0.306 e. The fraction of sp³-hybridized carbons (Fsp3) is 0.635. The minimum absolute atomic E-state index is 0.0987. The number of unbranched alkanes of at least 4 members (excludes halogenated alkanes) is 17. The van der Waals surface area contributed by atoms with Gasteiger partial charge in [-0.05, 0) is 83.5 Å². The molecule has 0 aliphatic rings. The molecule has 0 bridgehead atoms. The van der Waals surface area contributed by atoms with Crippen molar-refractivity contribution in [3.05, 3.63) is 97.2 Å². The average Bonchev–Trinajstić information content (AvgIpc) is 3.22. The van der Waals surface area contributed by atoms with Crippen LogP contribution in [0.5, 0.6) is 0 Å². The molecule has 0 aliphatic heterocycles. The van der Waals surface area contributed by atoms with Crippen molar-refractivity contribution in [1.82, 2.24) is 0 Å². The van der Waals surface area contributed by atoms with Crippen LogP contribution in [0.4, 0.5) is 0 Å². The summed E-state index contributed by atoms with van der Waals surface area (Å²) in [6.45, 7) is 6.20. The number of hydrogen-bond donors (Lipinski definition) is 0. The van der Waals surface area contributed by atoms with Gasteiger partial charge in [0.1, 0.15) is 13.2 Å². The zero-order valence-corrected chi connectivity index (χ0v) is 37.3. The Bertz CT molecular complexity index is 1200. The van der Waals surface area contributed by atoms with Crippen molar-refractivity contribution in [2.75, 3.05) is 13.2 Å². The maximum absolute atomic E-state index is 12.7. The molecule has 0 N–H and O–H groups in total. The van der Waals surface area contributed by atoms with Crippen LogP contribution in [0.2, 0.25) is 0 Å². The van der Waals surface area contributed by atoms with Crippen molar-refractivity contribution in [2.24, 2.45) is 0 Å². The summed E-state index contributed by atoms with van der Waals surface area (Å²) < 4.78 is 16.7. The molecule has 0 aromatic rings. The number of rotatable bonds is 40. The van der Waals surface area contributed by atoms with Gasteiger partial charge in [-0.25, -0.2) is 0 Å². The summed E-state index contributed by atoms with van der Waals surface area (Å²) in [6, 6.07) is 0. The Balaban J connectivity index is 4.46. The lowest BCUT2D eigenvalue weighted by atomic mass is 10.1. The van der Waals surface area contributed by atoms with Crippen LogP contribution in [0.3, 0.4) is 0 Å². The molecule has 0 heterocycles. The van der Waals surface area contributed by atoms with E-state index in [0.717, 1.165) is 128 Å². The Morgan fingerprint density at radius 3 is 1.14 bits per heavy atom. The standard InChI is InChI=1S/C52H84O6/c1-4-7-10-13-16-19-22-25-26-28-30-33-36-39-42-45-51(54)57-48-49(47-56-50(53)44-41-38-35-32-29-24-21-18-15-12-9-6-3)58-52(55)46-43-40-37-34-31-27-23-20-17-14-11-8-5-2/h7-14,16-23,49H,4-6,15,24-48H2,1-3H3/b10-7-,11-8-,12-9-,16-13-,17-14-,21-18-,22-19-,23-20-. The lowest BCUT2D eigenvalue weighted by molar-refractivity contribution is -0.167. The molecule has 58 heavy (non-hydrogen) atoms. The van der Waals surface area contributed by atoms with E-state index < -0.39 is 6.10 Å². The highest BCUT2D eigenvalue weighted by Crippen LogP contribution is 2.13. The highest BCUT2D eigenvalue weighted by atomic mass is 16.6. The predicted molar refractivity (Wildman–Crippen MR) is 247 cm³/mol. The molecule has 0 radical (unpaired) electrons. The number of allylic oxidation sites excluding steroid dienone is 16. The molecule has 1 atom stereocenters. The molecular weight excluding hydrogens is 721 g/mol. The Morgan fingerprint density at radius 1 is 0.362 bits per heavy atom. The first kappa shape index (κ1) is 54.3.